The number of hydrogen-bond donors (Lipinski definition) is 3. The first-order valence-electron chi connectivity index (χ1n) is 6.46. The van der Waals surface area contributed by atoms with E-state index in [1.165, 1.54) is 12.1 Å². The normalized spacial score (nSPS) is 11.7. The number of non-ortho nitro benzene ring substituents is 1. The summed E-state index contributed by atoms with van der Waals surface area (Å²) in [5.74, 6) is 0.701. The van der Waals surface area contributed by atoms with Gasteiger partial charge in [-0.25, -0.2) is 4.98 Å². The van der Waals surface area contributed by atoms with E-state index in [9.17, 15) is 15.2 Å². The van der Waals surface area contributed by atoms with Crippen molar-refractivity contribution < 1.29 is 10.0 Å². The van der Waals surface area contributed by atoms with E-state index in [1.54, 1.807) is 18.3 Å². The van der Waals surface area contributed by atoms with Gasteiger partial charge >= 0.3 is 0 Å². The van der Waals surface area contributed by atoms with Crippen molar-refractivity contribution in [2.24, 2.45) is 0 Å². The van der Waals surface area contributed by atoms with Gasteiger partial charge in [0.1, 0.15) is 5.82 Å². The Morgan fingerprint density at radius 3 is 2.48 bits per heavy atom. The summed E-state index contributed by atoms with van der Waals surface area (Å²) in [6.07, 6.45) is 1.06. The van der Waals surface area contributed by atoms with Crippen LogP contribution in [0.5, 0.6) is 0 Å². The summed E-state index contributed by atoms with van der Waals surface area (Å²) < 4.78 is 0. The Labute approximate surface area is 121 Å². The molecule has 0 radical (unpaired) electrons. The summed E-state index contributed by atoms with van der Waals surface area (Å²) in [5, 5.41) is 26.4. The molecule has 0 aliphatic rings. The van der Waals surface area contributed by atoms with E-state index in [4.69, 9.17) is 0 Å². The van der Waals surface area contributed by atoms with Crippen LogP contribution in [-0.4, -0.2) is 34.2 Å². The van der Waals surface area contributed by atoms with Gasteiger partial charge in [-0.1, -0.05) is 6.07 Å². The number of nitrogens with zero attached hydrogens (tertiary/aromatic N) is 2. The minimum Gasteiger partial charge on any atom is -0.389 e. The monoisotopic (exact) mass is 288 g/mol. The number of aliphatic hydroxyl groups excluding tert-OH is 1. The largest absolute Gasteiger partial charge is 0.389 e. The van der Waals surface area contributed by atoms with Gasteiger partial charge in [0.15, 0.2) is 0 Å². The Balaban J connectivity index is 1.75. The number of nitro benzene ring substituents is 1. The second-order valence-electron chi connectivity index (χ2n) is 4.43. The van der Waals surface area contributed by atoms with Crippen LogP contribution in [0, 0.1) is 10.1 Å². The zero-order valence-corrected chi connectivity index (χ0v) is 11.3. The van der Waals surface area contributed by atoms with Crippen LogP contribution in [0.1, 0.15) is 0 Å². The maximum atomic E-state index is 10.5. The lowest BCUT2D eigenvalue weighted by Crippen LogP contribution is -2.27. The van der Waals surface area contributed by atoms with Crippen molar-refractivity contribution in [3.05, 3.63) is 58.8 Å². The third-order valence-corrected chi connectivity index (χ3v) is 2.80. The zero-order valence-electron chi connectivity index (χ0n) is 11.3. The molecule has 7 heteroatoms. The second-order valence-corrected chi connectivity index (χ2v) is 4.43. The van der Waals surface area contributed by atoms with Gasteiger partial charge in [-0.05, 0) is 24.3 Å². The van der Waals surface area contributed by atoms with Crippen molar-refractivity contribution in [3.63, 3.8) is 0 Å². The number of aromatic nitrogens is 1. The fourth-order valence-corrected chi connectivity index (χ4v) is 1.70. The van der Waals surface area contributed by atoms with Crippen molar-refractivity contribution in [2.45, 2.75) is 6.10 Å². The lowest BCUT2D eigenvalue weighted by molar-refractivity contribution is -0.384. The summed E-state index contributed by atoms with van der Waals surface area (Å²) >= 11 is 0. The topological polar surface area (TPSA) is 100 Å². The highest BCUT2D eigenvalue weighted by molar-refractivity contribution is 5.48. The molecule has 3 N–H and O–H groups in total. The number of pyridine rings is 1. The molecule has 0 saturated heterocycles. The molecule has 1 atom stereocenters. The number of benzene rings is 1. The van der Waals surface area contributed by atoms with E-state index in [0.717, 1.165) is 5.69 Å². The SMILES string of the molecule is O=[N+]([O-])c1ccc(NCC(O)CNc2ccccn2)cc1. The first kappa shape index (κ1) is 14.7. The number of hydrogen-bond acceptors (Lipinski definition) is 6. The predicted molar refractivity (Wildman–Crippen MR) is 80.3 cm³/mol. The van der Waals surface area contributed by atoms with Gasteiger partial charge < -0.3 is 15.7 Å². The van der Waals surface area contributed by atoms with Crippen LogP contribution in [0.15, 0.2) is 48.7 Å². The molecule has 0 fully saturated rings. The highest BCUT2D eigenvalue weighted by Gasteiger charge is 2.06. The Bertz CT molecular complexity index is 575. The molecule has 1 heterocycles. The first-order chi connectivity index (χ1) is 10.1. The van der Waals surface area contributed by atoms with Crippen LogP contribution in [0.3, 0.4) is 0 Å². The third kappa shape index (κ3) is 4.73. The van der Waals surface area contributed by atoms with E-state index < -0.39 is 11.0 Å². The quantitative estimate of drug-likeness (QED) is 0.531. The lowest BCUT2D eigenvalue weighted by Gasteiger charge is -2.14. The fourth-order valence-electron chi connectivity index (χ4n) is 1.70. The third-order valence-electron chi connectivity index (χ3n) is 2.80. The molecular formula is C14H16N4O3. The van der Waals surface area contributed by atoms with Crippen LogP contribution in [0.2, 0.25) is 0 Å². The molecule has 0 aliphatic heterocycles. The summed E-state index contributed by atoms with van der Waals surface area (Å²) in [6.45, 7) is 0.689. The Morgan fingerprint density at radius 1 is 1.14 bits per heavy atom. The summed E-state index contributed by atoms with van der Waals surface area (Å²) in [7, 11) is 0. The highest BCUT2D eigenvalue weighted by Crippen LogP contribution is 2.15. The molecule has 2 aromatic rings. The molecule has 21 heavy (non-hydrogen) atoms. The summed E-state index contributed by atoms with van der Waals surface area (Å²) in [4.78, 5) is 14.2. The number of anilines is 2. The minimum atomic E-state index is -0.609. The smallest absolute Gasteiger partial charge is 0.269 e. The maximum absolute atomic E-state index is 10.5. The molecule has 0 amide bonds. The number of nitrogens with one attached hydrogen (secondary N) is 2. The van der Waals surface area contributed by atoms with Gasteiger partial charge in [0, 0.05) is 37.1 Å². The summed E-state index contributed by atoms with van der Waals surface area (Å²) in [5.41, 5.74) is 0.760. The van der Waals surface area contributed by atoms with E-state index in [2.05, 4.69) is 15.6 Å². The molecular weight excluding hydrogens is 272 g/mol. The average molecular weight is 288 g/mol. The Hall–Kier alpha value is -2.67. The fraction of sp³-hybridized carbons (Fsp3) is 0.214. The van der Waals surface area contributed by atoms with Gasteiger partial charge in [-0.15, -0.1) is 0 Å². The van der Waals surface area contributed by atoms with Gasteiger partial charge in [0.05, 0.1) is 11.0 Å². The van der Waals surface area contributed by atoms with Crippen molar-refractivity contribution in [1.82, 2.24) is 4.98 Å². The first-order valence-corrected chi connectivity index (χ1v) is 6.46. The number of aliphatic hydroxyl groups is 1. The molecule has 1 unspecified atom stereocenters. The van der Waals surface area contributed by atoms with Crippen LogP contribution < -0.4 is 10.6 Å². The Kier molecular flexibility index (Phi) is 5.05. The molecule has 0 saturated carbocycles. The van der Waals surface area contributed by atoms with Crippen molar-refractivity contribution >= 4 is 17.2 Å². The molecule has 110 valence electrons. The van der Waals surface area contributed by atoms with E-state index in [-0.39, 0.29) is 5.69 Å². The van der Waals surface area contributed by atoms with Gasteiger partial charge in [-0.3, -0.25) is 10.1 Å². The van der Waals surface area contributed by atoms with Crippen molar-refractivity contribution in [2.75, 3.05) is 23.7 Å². The van der Waals surface area contributed by atoms with Crippen LogP contribution >= 0.6 is 0 Å². The van der Waals surface area contributed by atoms with Crippen molar-refractivity contribution in [3.8, 4) is 0 Å². The minimum absolute atomic E-state index is 0.0397. The molecule has 0 spiro atoms. The zero-order chi connectivity index (χ0) is 15.1. The Morgan fingerprint density at radius 2 is 1.86 bits per heavy atom. The molecule has 7 nitrogen and oxygen atoms in total. The second kappa shape index (κ2) is 7.20. The van der Waals surface area contributed by atoms with Crippen molar-refractivity contribution in [1.29, 1.82) is 0 Å². The maximum Gasteiger partial charge on any atom is 0.269 e. The average Bonchev–Trinajstić information content (AvgIpc) is 2.52. The van der Waals surface area contributed by atoms with Crippen LogP contribution in [0.4, 0.5) is 17.2 Å². The highest BCUT2D eigenvalue weighted by atomic mass is 16.6. The molecule has 2 rings (SSSR count). The van der Waals surface area contributed by atoms with Gasteiger partial charge in [-0.2, -0.15) is 0 Å². The van der Waals surface area contributed by atoms with Gasteiger partial charge in [0.2, 0.25) is 0 Å². The standard InChI is InChI=1S/C14H16N4O3/c19-13(10-17-14-3-1-2-8-15-14)9-16-11-4-6-12(7-5-11)18(20)21/h1-8,13,16,19H,9-10H2,(H,15,17). The summed E-state index contributed by atoms with van der Waals surface area (Å²) in [6, 6.07) is 11.5. The van der Waals surface area contributed by atoms with Gasteiger partial charge in [0.25, 0.3) is 5.69 Å². The lowest BCUT2D eigenvalue weighted by atomic mass is 10.2. The molecule has 1 aromatic carbocycles. The molecule has 0 aliphatic carbocycles. The van der Waals surface area contributed by atoms with E-state index in [0.29, 0.717) is 18.9 Å². The number of nitro groups is 1. The number of rotatable bonds is 7. The van der Waals surface area contributed by atoms with Crippen LogP contribution in [-0.2, 0) is 0 Å². The van der Waals surface area contributed by atoms with E-state index in [1.807, 2.05) is 18.2 Å². The molecule has 1 aromatic heterocycles. The molecule has 0 bridgehead atoms. The predicted octanol–water partition coefficient (Wildman–Crippen LogP) is 1.87. The van der Waals surface area contributed by atoms with Crippen LogP contribution in [0.25, 0.3) is 0 Å². The van der Waals surface area contributed by atoms with E-state index >= 15 is 0 Å².